The molecule has 1 saturated carbocycles. The average molecular weight is 335 g/mol. The topological polar surface area (TPSA) is 76.4 Å². The molecule has 1 atom stereocenters. The fourth-order valence-electron chi connectivity index (χ4n) is 3.71. The van der Waals surface area contributed by atoms with Gasteiger partial charge in [0.15, 0.2) is 5.96 Å². The monoisotopic (exact) mass is 335 g/mol. The molecule has 2 aromatic carbocycles. The number of guanidine groups is 1. The van der Waals surface area contributed by atoms with Crippen LogP contribution < -0.4 is 5.32 Å². The maximum Gasteiger partial charge on any atom is 0.259 e. The van der Waals surface area contributed by atoms with Crippen LogP contribution in [0.4, 0.5) is 0 Å². The first kappa shape index (κ1) is 15.8. The van der Waals surface area contributed by atoms with E-state index in [4.69, 9.17) is 5.41 Å². The molecule has 0 aromatic heterocycles. The molecule has 0 radical (unpaired) electrons. The third kappa shape index (κ3) is 2.43. The fourth-order valence-corrected chi connectivity index (χ4v) is 3.71. The van der Waals surface area contributed by atoms with Crippen molar-refractivity contribution in [3.8, 4) is 11.1 Å². The summed E-state index contributed by atoms with van der Waals surface area (Å²) in [7, 11) is 1.65. The van der Waals surface area contributed by atoms with Gasteiger partial charge in [0, 0.05) is 7.05 Å². The van der Waals surface area contributed by atoms with Gasteiger partial charge in [0.25, 0.3) is 5.91 Å². The van der Waals surface area contributed by atoms with Gasteiger partial charge in [-0.05, 0) is 53.1 Å². The lowest BCUT2D eigenvalue weighted by Gasteiger charge is -2.28. The molecule has 0 bridgehead atoms. The third-order valence-electron chi connectivity index (χ3n) is 5.24. The number of nitrogens with one attached hydrogen (secondary N) is 2. The summed E-state index contributed by atoms with van der Waals surface area (Å²) < 4.78 is 0. The molecule has 2 fully saturated rings. The number of amides is 1. The number of benzene rings is 2. The molecule has 1 amide bonds. The van der Waals surface area contributed by atoms with Crippen LogP contribution in [0.1, 0.15) is 24.0 Å². The number of carbonyl (C=O) groups excluding carboxylic acids is 1. The maximum atomic E-state index is 13.0. The summed E-state index contributed by atoms with van der Waals surface area (Å²) in [6.45, 7) is 0.00153. The highest BCUT2D eigenvalue weighted by Gasteiger charge is 2.58. The molecular formula is C20H21N3O2. The largest absolute Gasteiger partial charge is 0.392 e. The molecule has 2 aliphatic rings. The summed E-state index contributed by atoms with van der Waals surface area (Å²) in [4.78, 5) is 14.4. The third-order valence-corrected chi connectivity index (χ3v) is 5.24. The predicted molar refractivity (Wildman–Crippen MR) is 95.8 cm³/mol. The minimum atomic E-state index is -0.823. The molecule has 0 spiro atoms. The van der Waals surface area contributed by atoms with E-state index in [9.17, 15) is 9.90 Å². The summed E-state index contributed by atoms with van der Waals surface area (Å²) in [5.74, 6) is 0.329. The first-order valence-electron chi connectivity index (χ1n) is 8.52. The van der Waals surface area contributed by atoms with Crippen molar-refractivity contribution in [3.63, 3.8) is 0 Å². The lowest BCUT2D eigenvalue weighted by atomic mass is 9.83. The molecule has 1 heterocycles. The van der Waals surface area contributed by atoms with Crippen molar-refractivity contribution in [2.45, 2.75) is 25.0 Å². The van der Waals surface area contributed by atoms with Crippen LogP contribution in [0.3, 0.4) is 0 Å². The van der Waals surface area contributed by atoms with Gasteiger partial charge in [-0.2, -0.15) is 0 Å². The van der Waals surface area contributed by atoms with Crippen molar-refractivity contribution < 1.29 is 9.90 Å². The van der Waals surface area contributed by atoms with Gasteiger partial charge in [-0.1, -0.05) is 36.4 Å². The average Bonchev–Trinajstić information content (AvgIpc) is 3.47. The minimum absolute atomic E-state index is 0.00153. The first-order valence-corrected chi connectivity index (χ1v) is 8.52. The summed E-state index contributed by atoms with van der Waals surface area (Å²) in [5.41, 5.74) is 2.95. The smallest absolute Gasteiger partial charge is 0.259 e. The van der Waals surface area contributed by atoms with E-state index in [1.807, 2.05) is 48.5 Å². The van der Waals surface area contributed by atoms with E-state index in [0.29, 0.717) is 0 Å². The molecular weight excluding hydrogens is 314 g/mol. The Morgan fingerprint density at radius 1 is 1.20 bits per heavy atom. The van der Waals surface area contributed by atoms with Crippen molar-refractivity contribution in [1.29, 1.82) is 5.41 Å². The highest BCUT2D eigenvalue weighted by atomic mass is 16.3. The zero-order chi connectivity index (χ0) is 17.6. The van der Waals surface area contributed by atoms with Crippen LogP contribution in [0, 0.1) is 11.3 Å². The predicted octanol–water partition coefficient (Wildman–Crippen LogP) is 2.45. The Hall–Kier alpha value is -2.66. The molecule has 2 aromatic rings. The number of hydrogen-bond donors (Lipinski definition) is 3. The highest BCUT2D eigenvalue weighted by molar-refractivity contribution is 6.08. The molecule has 128 valence electrons. The first-order chi connectivity index (χ1) is 12.1. The fraction of sp³-hybridized carbons (Fsp3) is 0.300. The number of rotatable bonds is 4. The SMILES string of the molecule is CN1C(=N)N[C@@](c2cccc(-c3cccc(CO)c3)c2)(C2CC2)C1=O. The second-order valence-corrected chi connectivity index (χ2v) is 6.86. The maximum absolute atomic E-state index is 13.0. The van der Waals surface area contributed by atoms with Crippen LogP contribution in [0.25, 0.3) is 11.1 Å². The summed E-state index contributed by atoms with van der Waals surface area (Å²) in [6, 6.07) is 15.7. The number of carbonyl (C=O) groups is 1. The van der Waals surface area contributed by atoms with E-state index in [1.165, 1.54) is 4.90 Å². The lowest BCUT2D eigenvalue weighted by molar-refractivity contribution is -0.131. The Bertz CT molecular complexity index is 860. The molecule has 1 saturated heterocycles. The van der Waals surface area contributed by atoms with Crippen LogP contribution in [0.5, 0.6) is 0 Å². The molecule has 4 rings (SSSR count). The van der Waals surface area contributed by atoms with Crippen molar-refractivity contribution in [2.75, 3.05) is 7.05 Å². The Labute approximate surface area is 146 Å². The molecule has 25 heavy (non-hydrogen) atoms. The van der Waals surface area contributed by atoms with Crippen molar-refractivity contribution in [1.82, 2.24) is 10.2 Å². The summed E-state index contributed by atoms with van der Waals surface area (Å²) >= 11 is 0. The number of aliphatic hydroxyl groups excluding tert-OH is 1. The zero-order valence-corrected chi connectivity index (χ0v) is 14.1. The Balaban J connectivity index is 1.80. The van der Waals surface area contributed by atoms with Crippen molar-refractivity contribution in [2.24, 2.45) is 5.92 Å². The lowest BCUT2D eigenvalue weighted by Crippen LogP contribution is -2.46. The zero-order valence-electron chi connectivity index (χ0n) is 14.1. The normalized spacial score (nSPS) is 23.0. The van der Waals surface area contributed by atoms with Gasteiger partial charge in [-0.3, -0.25) is 15.1 Å². The number of likely N-dealkylation sites (N-methyl/N-ethyl adjacent to an activating group) is 1. The van der Waals surface area contributed by atoms with Crippen molar-refractivity contribution in [3.05, 3.63) is 59.7 Å². The second kappa shape index (κ2) is 5.70. The Kier molecular flexibility index (Phi) is 3.62. The Morgan fingerprint density at radius 3 is 2.48 bits per heavy atom. The molecule has 5 nitrogen and oxygen atoms in total. The Morgan fingerprint density at radius 2 is 1.88 bits per heavy atom. The van der Waals surface area contributed by atoms with E-state index in [2.05, 4.69) is 5.32 Å². The van der Waals surface area contributed by atoms with Gasteiger partial charge >= 0.3 is 0 Å². The van der Waals surface area contributed by atoms with Crippen LogP contribution in [0.2, 0.25) is 0 Å². The standard InChI is InChI=1S/C20H21N3O2/c1-23-18(25)20(16-8-9-16,22-19(23)21)17-7-3-6-15(11-17)14-5-2-4-13(10-14)12-24/h2-7,10-11,16,24H,8-9,12H2,1H3,(H2,21,22)/t20-/m1/s1. The van der Waals surface area contributed by atoms with Gasteiger partial charge in [0.05, 0.1) is 6.61 Å². The number of aliphatic hydroxyl groups is 1. The number of hydrogen-bond acceptors (Lipinski definition) is 3. The molecule has 1 aliphatic carbocycles. The van der Waals surface area contributed by atoms with E-state index in [-0.39, 0.29) is 24.4 Å². The van der Waals surface area contributed by atoms with Crippen molar-refractivity contribution >= 4 is 11.9 Å². The number of nitrogens with zero attached hydrogens (tertiary/aromatic N) is 1. The van der Waals surface area contributed by atoms with Gasteiger partial charge in [-0.15, -0.1) is 0 Å². The summed E-state index contributed by atoms with van der Waals surface area (Å²) in [5, 5.41) is 20.6. The molecule has 5 heteroatoms. The van der Waals surface area contributed by atoms with Gasteiger partial charge in [-0.25, -0.2) is 0 Å². The van der Waals surface area contributed by atoms with Crippen LogP contribution in [-0.4, -0.2) is 28.9 Å². The van der Waals surface area contributed by atoms with E-state index in [1.54, 1.807) is 7.05 Å². The van der Waals surface area contributed by atoms with Crippen LogP contribution in [-0.2, 0) is 16.9 Å². The van der Waals surface area contributed by atoms with Gasteiger partial charge < -0.3 is 10.4 Å². The van der Waals surface area contributed by atoms with E-state index < -0.39 is 5.54 Å². The quantitative estimate of drug-likeness (QED) is 0.803. The highest BCUT2D eigenvalue weighted by Crippen LogP contribution is 2.49. The summed E-state index contributed by atoms with van der Waals surface area (Å²) in [6.07, 6.45) is 1.98. The van der Waals surface area contributed by atoms with Gasteiger partial charge in [0.1, 0.15) is 5.54 Å². The second-order valence-electron chi connectivity index (χ2n) is 6.86. The van der Waals surface area contributed by atoms with Crippen LogP contribution >= 0.6 is 0 Å². The van der Waals surface area contributed by atoms with E-state index in [0.717, 1.165) is 35.1 Å². The molecule has 3 N–H and O–H groups in total. The van der Waals surface area contributed by atoms with Crippen LogP contribution in [0.15, 0.2) is 48.5 Å². The van der Waals surface area contributed by atoms with Gasteiger partial charge in [0.2, 0.25) is 0 Å². The molecule has 1 aliphatic heterocycles. The minimum Gasteiger partial charge on any atom is -0.392 e. The van der Waals surface area contributed by atoms with E-state index >= 15 is 0 Å². The molecule has 0 unspecified atom stereocenters.